The molecule has 0 aromatic heterocycles. The number of nitrogens with zero attached hydrogens (tertiary/aromatic N) is 3. The molecule has 1 rings (SSSR count). The van der Waals surface area contributed by atoms with Crippen LogP contribution in [-0.2, 0) is 30.4 Å². The first-order valence-electron chi connectivity index (χ1n) is 14.3. The van der Waals surface area contributed by atoms with Gasteiger partial charge in [-0.05, 0) is 66.9 Å². The van der Waals surface area contributed by atoms with Crippen LogP contribution in [0.15, 0.2) is 29.3 Å². The van der Waals surface area contributed by atoms with E-state index in [0.29, 0.717) is 60.9 Å². The number of Topliss-reactive ketones (excluding diaryl/α,β-unsaturated/α-hetero) is 1. The minimum absolute atomic E-state index is 0.0489. The van der Waals surface area contributed by atoms with Crippen LogP contribution in [0.4, 0.5) is 5.69 Å². The van der Waals surface area contributed by atoms with Gasteiger partial charge >= 0.3 is 0 Å². The monoisotopic (exact) mass is 651 g/mol. The molecule has 44 heavy (non-hydrogen) atoms. The van der Waals surface area contributed by atoms with E-state index in [-0.39, 0.29) is 51.2 Å². The van der Waals surface area contributed by atoms with E-state index in [0.717, 1.165) is 10.4 Å². The molecule has 1 aromatic carbocycles. The number of carbonyl (C=O) groups is 5. The maximum absolute atomic E-state index is 12.1. The van der Waals surface area contributed by atoms with Gasteiger partial charge in [-0.1, -0.05) is 24.4 Å². The van der Waals surface area contributed by atoms with Crippen molar-refractivity contribution < 1.29 is 39.5 Å². The van der Waals surface area contributed by atoms with Crippen molar-refractivity contribution in [1.82, 2.24) is 20.8 Å². The van der Waals surface area contributed by atoms with Crippen molar-refractivity contribution in [1.29, 1.82) is 0 Å². The van der Waals surface area contributed by atoms with Crippen molar-refractivity contribution in [2.24, 2.45) is 4.99 Å². The summed E-state index contributed by atoms with van der Waals surface area (Å²) in [7, 11) is 0. The topological polar surface area (TPSA) is 189 Å². The number of isothiocyanates is 1. The lowest BCUT2D eigenvalue weighted by Crippen LogP contribution is -2.38. The molecule has 0 radical (unpaired) electrons. The molecule has 0 aliphatic rings. The number of aliphatic imine (C=N–C) groups is 1. The van der Waals surface area contributed by atoms with Crippen LogP contribution in [0.3, 0.4) is 0 Å². The Morgan fingerprint density at radius 3 is 2.16 bits per heavy atom. The third kappa shape index (κ3) is 17.6. The molecule has 0 saturated heterocycles. The fourth-order valence-electron chi connectivity index (χ4n) is 3.81. The minimum Gasteiger partial charge on any atom is -0.383 e. The Morgan fingerprint density at radius 1 is 0.864 bits per heavy atom. The van der Waals surface area contributed by atoms with E-state index in [1.54, 1.807) is 12.1 Å². The number of amides is 4. The van der Waals surface area contributed by atoms with E-state index in [2.05, 4.69) is 33.0 Å². The summed E-state index contributed by atoms with van der Waals surface area (Å²) >= 11 is 9.97. The number of hydrogen-bond donors (Lipinski definition) is 5. The fourth-order valence-corrected chi connectivity index (χ4v) is 4.23. The molecular formula is C29H41N5O8S2. The van der Waals surface area contributed by atoms with Crippen LogP contribution < -0.4 is 10.6 Å². The predicted molar refractivity (Wildman–Crippen MR) is 169 cm³/mol. The highest BCUT2D eigenvalue weighted by atomic mass is 32.1. The number of carbonyl (C=O) groups excluding carboxylic acids is 5. The Morgan fingerprint density at radius 2 is 1.50 bits per heavy atom. The quantitative estimate of drug-likeness (QED) is 0.0410. The van der Waals surface area contributed by atoms with Gasteiger partial charge in [-0.3, -0.25) is 34.4 Å². The first kappa shape index (κ1) is 38.6. The molecule has 5 N–H and O–H groups in total. The van der Waals surface area contributed by atoms with Crippen molar-refractivity contribution in [2.75, 3.05) is 26.2 Å². The maximum atomic E-state index is 12.1. The standard InChI is InChI=1S/C29H41N5O8S2/c1-21(35)33(41)16-4-2-3-15-30-27(38)12-11-25(36)26(37)19-31-28(39)13-14-29(40)34(42)17-5-6-24(44)18-22-7-9-23(10-8-22)32-20-43/h7-10,26,37,41-42H,2-6,11-19H2,1H3,(H,30,38)(H,31,39). The molecule has 13 nitrogen and oxygen atoms in total. The average molecular weight is 652 g/mol. The largest absolute Gasteiger partial charge is 0.383 e. The molecule has 0 fully saturated rings. The van der Waals surface area contributed by atoms with Crippen molar-refractivity contribution >= 4 is 69.6 Å². The third-order valence-electron chi connectivity index (χ3n) is 6.39. The Bertz CT molecular complexity index is 1170. The van der Waals surface area contributed by atoms with Crippen molar-refractivity contribution in [3.05, 3.63) is 29.8 Å². The van der Waals surface area contributed by atoms with E-state index in [4.69, 9.17) is 12.2 Å². The lowest BCUT2D eigenvalue weighted by atomic mass is 10.1. The Labute approximate surface area is 267 Å². The van der Waals surface area contributed by atoms with Gasteiger partial charge in [0.25, 0.3) is 0 Å². The number of hydroxylamine groups is 4. The van der Waals surface area contributed by atoms with Gasteiger partial charge < -0.3 is 15.7 Å². The number of nitrogens with one attached hydrogen (secondary N) is 2. The summed E-state index contributed by atoms with van der Waals surface area (Å²) in [6.45, 7) is 1.52. The molecule has 0 aliphatic carbocycles. The van der Waals surface area contributed by atoms with E-state index in [1.807, 2.05) is 12.1 Å². The van der Waals surface area contributed by atoms with Crippen LogP contribution in [0, 0.1) is 0 Å². The second-order valence-corrected chi connectivity index (χ2v) is 10.8. The highest BCUT2D eigenvalue weighted by Gasteiger charge is 2.18. The first-order valence-corrected chi connectivity index (χ1v) is 15.1. The summed E-state index contributed by atoms with van der Waals surface area (Å²) in [6.07, 6.45) is 1.08. The second kappa shape index (κ2) is 22.1. The Hall–Kier alpha value is -3.46. The SMILES string of the molecule is CC(=O)N(O)CCCCCNC(=O)CCC(=O)C(O)CNC(=O)CCC(=O)N(O)CCCC(=S)Cc1ccc(N=C=S)cc1. The van der Waals surface area contributed by atoms with Gasteiger partial charge in [-0.2, -0.15) is 4.99 Å². The van der Waals surface area contributed by atoms with Crippen LogP contribution >= 0.6 is 24.4 Å². The van der Waals surface area contributed by atoms with Gasteiger partial charge in [0.2, 0.25) is 23.6 Å². The van der Waals surface area contributed by atoms with Crippen LogP contribution in [0.2, 0.25) is 0 Å². The predicted octanol–water partition coefficient (Wildman–Crippen LogP) is 2.46. The van der Waals surface area contributed by atoms with Crippen LogP contribution in [0.25, 0.3) is 0 Å². The molecular weight excluding hydrogens is 610 g/mol. The molecule has 0 aliphatic heterocycles. The van der Waals surface area contributed by atoms with Crippen LogP contribution in [-0.4, -0.2) is 97.4 Å². The third-order valence-corrected chi connectivity index (χ3v) is 6.83. The number of benzene rings is 1. The van der Waals surface area contributed by atoms with Crippen molar-refractivity contribution in [2.45, 2.75) is 77.2 Å². The molecule has 0 heterocycles. The van der Waals surface area contributed by atoms with Gasteiger partial charge in [0.15, 0.2) is 5.78 Å². The number of thiocarbonyl (C=S) groups is 2. The summed E-state index contributed by atoms with van der Waals surface area (Å²) < 4.78 is 0. The van der Waals surface area contributed by atoms with Gasteiger partial charge in [0.05, 0.1) is 17.4 Å². The lowest BCUT2D eigenvalue weighted by molar-refractivity contribution is -0.166. The summed E-state index contributed by atoms with van der Waals surface area (Å²) in [5.41, 5.74) is 1.70. The van der Waals surface area contributed by atoms with E-state index in [1.165, 1.54) is 6.92 Å². The molecule has 1 aromatic rings. The number of aliphatic hydroxyl groups excluding tert-OH is 1. The lowest BCUT2D eigenvalue weighted by Gasteiger charge is -2.15. The van der Waals surface area contributed by atoms with Crippen molar-refractivity contribution in [3.8, 4) is 0 Å². The van der Waals surface area contributed by atoms with Gasteiger partial charge in [0, 0.05) is 58.7 Å². The van der Waals surface area contributed by atoms with Crippen molar-refractivity contribution in [3.63, 3.8) is 0 Å². The normalized spacial score (nSPS) is 11.1. The molecule has 0 spiro atoms. The zero-order valence-corrected chi connectivity index (χ0v) is 26.5. The fraction of sp³-hybridized carbons (Fsp3) is 0.552. The minimum atomic E-state index is -1.50. The molecule has 0 saturated carbocycles. The number of aliphatic hydroxyl groups is 1. The van der Waals surface area contributed by atoms with Crippen LogP contribution in [0.5, 0.6) is 0 Å². The summed E-state index contributed by atoms with van der Waals surface area (Å²) in [5.74, 6) is -2.63. The second-order valence-electron chi connectivity index (χ2n) is 10.0. The average Bonchev–Trinajstić information content (AvgIpc) is 2.99. The highest BCUT2D eigenvalue weighted by molar-refractivity contribution is 7.80. The first-order chi connectivity index (χ1) is 20.9. The van der Waals surface area contributed by atoms with Gasteiger partial charge in [-0.25, -0.2) is 10.1 Å². The van der Waals surface area contributed by atoms with E-state index < -0.39 is 29.6 Å². The summed E-state index contributed by atoms with van der Waals surface area (Å²) in [4.78, 5) is 63.7. The van der Waals surface area contributed by atoms with E-state index in [9.17, 15) is 39.5 Å². The highest BCUT2D eigenvalue weighted by Crippen LogP contribution is 2.14. The Balaban J connectivity index is 2.16. The maximum Gasteiger partial charge on any atom is 0.246 e. The smallest absolute Gasteiger partial charge is 0.246 e. The molecule has 1 atom stereocenters. The number of rotatable bonds is 22. The zero-order chi connectivity index (χ0) is 32.9. The molecule has 15 heteroatoms. The molecule has 0 bridgehead atoms. The number of unbranched alkanes of at least 4 members (excludes halogenated alkanes) is 2. The summed E-state index contributed by atoms with van der Waals surface area (Å²) in [6, 6.07) is 7.39. The number of ketones is 1. The molecule has 1 unspecified atom stereocenters. The molecule has 242 valence electrons. The van der Waals surface area contributed by atoms with Gasteiger partial charge in [0.1, 0.15) is 6.10 Å². The number of hydrogen-bond acceptors (Lipinski definition) is 11. The molecule has 4 amide bonds. The zero-order valence-electron chi connectivity index (χ0n) is 24.8. The van der Waals surface area contributed by atoms with E-state index >= 15 is 0 Å². The van der Waals surface area contributed by atoms with Gasteiger partial charge in [-0.15, -0.1) is 0 Å². The summed E-state index contributed by atoms with van der Waals surface area (Å²) in [5, 5.41) is 37.7. The Kier molecular flexibility index (Phi) is 19.4. The van der Waals surface area contributed by atoms with Crippen LogP contribution in [0.1, 0.15) is 70.3 Å².